The minimum absolute atomic E-state index is 0.191. The van der Waals surface area contributed by atoms with E-state index in [-0.39, 0.29) is 11.5 Å². The fourth-order valence-electron chi connectivity index (χ4n) is 3.71. The summed E-state index contributed by atoms with van der Waals surface area (Å²) in [7, 11) is 0. The van der Waals surface area contributed by atoms with Crippen molar-refractivity contribution < 1.29 is 13.6 Å². The Kier molecular flexibility index (Phi) is 5.74. The third kappa shape index (κ3) is 4.36. The van der Waals surface area contributed by atoms with Crippen LogP contribution in [0.3, 0.4) is 0 Å². The average molecular weight is 452 g/mol. The Labute approximate surface area is 195 Å². The van der Waals surface area contributed by atoms with Gasteiger partial charge < -0.3 is 14.3 Å². The Morgan fingerprint density at radius 3 is 2.32 bits per heavy atom. The molecule has 2 heterocycles. The van der Waals surface area contributed by atoms with Crippen LogP contribution in [-0.2, 0) is 6.54 Å². The molecular weight excluding hydrogens is 431 g/mol. The van der Waals surface area contributed by atoms with E-state index in [1.165, 1.54) is 12.1 Å². The van der Waals surface area contributed by atoms with E-state index in [4.69, 9.17) is 4.42 Å². The highest BCUT2D eigenvalue weighted by atomic mass is 19.1. The molecule has 0 bridgehead atoms. The number of anilines is 1. The second-order valence-electron chi connectivity index (χ2n) is 7.81. The van der Waals surface area contributed by atoms with Crippen LogP contribution in [0.1, 0.15) is 21.8 Å². The van der Waals surface area contributed by atoms with Crippen LogP contribution in [0.15, 0.2) is 95.7 Å². The fraction of sp³-hybridized carbons (Fsp3) is 0.0741. The van der Waals surface area contributed by atoms with E-state index in [0.29, 0.717) is 35.3 Å². The SMILES string of the molecule is Cc1oc(-c2ccccc2)nc1C(=O)Nc1c(-c2ccc(F)cc2)ncn1Cc1ccccc1. The molecule has 5 aromatic rings. The Morgan fingerprint density at radius 1 is 0.941 bits per heavy atom. The van der Waals surface area contributed by atoms with Gasteiger partial charge in [-0.2, -0.15) is 0 Å². The van der Waals surface area contributed by atoms with Crippen molar-refractivity contribution in [2.75, 3.05) is 5.32 Å². The molecule has 7 heteroatoms. The van der Waals surface area contributed by atoms with E-state index in [9.17, 15) is 9.18 Å². The monoisotopic (exact) mass is 452 g/mol. The largest absolute Gasteiger partial charge is 0.441 e. The summed E-state index contributed by atoms with van der Waals surface area (Å²) in [6.07, 6.45) is 1.66. The maximum Gasteiger partial charge on any atom is 0.279 e. The van der Waals surface area contributed by atoms with Gasteiger partial charge in [-0.1, -0.05) is 48.5 Å². The molecule has 6 nitrogen and oxygen atoms in total. The third-order valence-electron chi connectivity index (χ3n) is 5.42. The number of benzene rings is 3. The minimum atomic E-state index is -0.415. The van der Waals surface area contributed by atoms with Crippen LogP contribution >= 0.6 is 0 Å². The first-order valence-electron chi connectivity index (χ1n) is 10.8. The van der Waals surface area contributed by atoms with Crippen LogP contribution in [0.5, 0.6) is 0 Å². The van der Waals surface area contributed by atoms with Gasteiger partial charge >= 0.3 is 0 Å². The van der Waals surface area contributed by atoms with Gasteiger partial charge in [0.25, 0.3) is 5.91 Å². The molecule has 1 amide bonds. The number of halogens is 1. The molecule has 0 radical (unpaired) electrons. The average Bonchev–Trinajstić information content (AvgIpc) is 3.44. The summed E-state index contributed by atoms with van der Waals surface area (Å²) in [5, 5.41) is 2.96. The predicted molar refractivity (Wildman–Crippen MR) is 128 cm³/mol. The maximum absolute atomic E-state index is 13.5. The molecule has 0 unspecified atom stereocenters. The minimum Gasteiger partial charge on any atom is -0.441 e. The Morgan fingerprint density at radius 2 is 1.62 bits per heavy atom. The Hall–Kier alpha value is -4.52. The number of hydrogen-bond acceptors (Lipinski definition) is 4. The zero-order chi connectivity index (χ0) is 23.5. The Bertz CT molecular complexity index is 1430. The number of nitrogens with zero attached hydrogens (tertiary/aromatic N) is 3. The summed E-state index contributed by atoms with van der Waals surface area (Å²) in [6.45, 7) is 2.20. The van der Waals surface area contributed by atoms with Crippen LogP contribution in [0.2, 0.25) is 0 Å². The summed E-state index contributed by atoms with van der Waals surface area (Å²) in [6, 6.07) is 25.2. The van der Waals surface area contributed by atoms with Crippen LogP contribution in [0.25, 0.3) is 22.7 Å². The third-order valence-corrected chi connectivity index (χ3v) is 5.42. The smallest absolute Gasteiger partial charge is 0.279 e. The molecule has 1 N–H and O–H groups in total. The summed E-state index contributed by atoms with van der Waals surface area (Å²) in [5.74, 6) is 0.518. The van der Waals surface area contributed by atoms with Crippen molar-refractivity contribution in [3.8, 4) is 22.7 Å². The van der Waals surface area contributed by atoms with Gasteiger partial charge in [0.1, 0.15) is 23.1 Å². The number of carbonyl (C=O) groups is 1. The van der Waals surface area contributed by atoms with Gasteiger partial charge in [-0.3, -0.25) is 4.79 Å². The standard InChI is InChI=1S/C27H21FN4O2/c1-18-23(30-27(34-18)21-10-6-3-7-11-21)26(33)31-25-24(20-12-14-22(28)15-13-20)29-17-32(25)16-19-8-4-2-5-9-19/h2-15,17H,16H2,1H3,(H,31,33). The van der Waals surface area contributed by atoms with Gasteiger partial charge in [-0.25, -0.2) is 14.4 Å². The molecule has 3 aromatic carbocycles. The maximum atomic E-state index is 13.5. The highest BCUT2D eigenvalue weighted by Crippen LogP contribution is 2.29. The molecule has 0 saturated heterocycles. The van der Waals surface area contributed by atoms with E-state index in [2.05, 4.69) is 15.3 Å². The molecule has 2 aromatic heterocycles. The summed E-state index contributed by atoms with van der Waals surface area (Å²) in [5.41, 5.74) is 3.24. The first-order chi connectivity index (χ1) is 16.6. The van der Waals surface area contributed by atoms with Crippen molar-refractivity contribution in [1.82, 2.24) is 14.5 Å². The van der Waals surface area contributed by atoms with E-state index in [1.54, 1.807) is 25.4 Å². The van der Waals surface area contributed by atoms with Crippen molar-refractivity contribution in [2.45, 2.75) is 13.5 Å². The van der Waals surface area contributed by atoms with Crippen LogP contribution in [-0.4, -0.2) is 20.4 Å². The van der Waals surface area contributed by atoms with E-state index >= 15 is 0 Å². The second kappa shape index (κ2) is 9.15. The molecule has 0 aliphatic carbocycles. The summed E-state index contributed by atoms with van der Waals surface area (Å²) >= 11 is 0. The van der Waals surface area contributed by atoms with E-state index < -0.39 is 5.91 Å². The number of hydrogen-bond donors (Lipinski definition) is 1. The molecule has 5 rings (SSSR count). The predicted octanol–water partition coefficient (Wildman–Crippen LogP) is 5.95. The van der Waals surface area contributed by atoms with E-state index in [1.807, 2.05) is 65.2 Å². The lowest BCUT2D eigenvalue weighted by Gasteiger charge is -2.11. The lowest BCUT2D eigenvalue weighted by Crippen LogP contribution is -2.17. The number of aromatic nitrogens is 3. The van der Waals surface area contributed by atoms with Gasteiger partial charge in [0.2, 0.25) is 5.89 Å². The number of rotatable bonds is 6. The first kappa shape index (κ1) is 21.3. The molecule has 0 saturated carbocycles. The van der Waals surface area contributed by atoms with Crippen LogP contribution < -0.4 is 5.32 Å². The van der Waals surface area contributed by atoms with Gasteiger partial charge in [0.05, 0.1) is 12.9 Å². The molecule has 0 fully saturated rings. The van der Waals surface area contributed by atoms with E-state index in [0.717, 1.165) is 11.1 Å². The lowest BCUT2D eigenvalue weighted by atomic mass is 10.1. The van der Waals surface area contributed by atoms with Crippen molar-refractivity contribution in [2.24, 2.45) is 0 Å². The van der Waals surface area contributed by atoms with Crippen molar-refractivity contribution in [3.63, 3.8) is 0 Å². The molecule has 0 aliphatic rings. The van der Waals surface area contributed by atoms with Gasteiger partial charge in [-0.15, -0.1) is 0 Å². The fourth-order valence-corrected chi connectivity index (χ4v) is 3.71. The normalized spacial score (nSPS) is 10.9. The Balaban J connectivity index is 1.50. The molecule has 34 heavy (non-hydrogen) atoms. The molecule has 0 atom stereocenters. The quantitative estimate of drug-likeness (QED) is 0.345. The highest BCUT2D eigenvalue weighted by Gasteiger charge is 2.22. The first-order valence-corrected chi connectivity index (χ1v) is 10.8. The van der Waals surface area contributed by atoms with Gasteiger partial charge in [0.15, 0.2) is 5.69 Å². The number of imidazole rings is 1. The molecule has 0 aliphatic heterocycles. The molecule has 0 spiro atoms. The van der Waals surface area contributed by atoms with Gasteiger partial charge in [0, 0.05) is 11.1 Å². The molecular formula is C27H21FN4O2. The second-order valence-corrected chi connectivity index (χ2v) is 7.81. The highest BCUT2D eigenvalue weighted by molar-refractivity contribution is 6.05. The van der Waals surface area contributed by atoms with Crippen LogP contribution in [0.4, 0.5) is 10.2 Å². The number of nitrogens with one attached hydrogen (secondary N) is 1. The van der Waals surface area contributed by atoms with Crippen molar-refractivity contribution in [1.29, 1.82) is 0 Å². The summed E-state index contributed by atoms with van der Waals surface area (Å²) in [4.78, 5) is 22.2. The summed E-state index contributed by atoms with van der Waals surface area (Å²) < 4.78 is 21.1. The number of carbonyl (C=O) groups excluding carboxylic acids is 1. The van der Waals surface area contributed by atoms with Crippen LogP contribution in [0, 0.1) is 12.7 Å². The zero-order valence-electron chi connectivity index (χ0n) is 18.4. The number of oxazole rings is 1. The number of aryl methyl sites for hydroxylation is 1. The zero-order valence-corrected chi connectivity index (χ0v) is 18.4. The number of amides is 1. The molecule has 168 valence electrons. The van der Waals surface area contributed by atoms with Crippen molar-refractivity contribution >= 4 is 11.7 Å². The lowest BCUT2D eigenvalue weighted by molar-refractivity contribution is 0.102. The van der Waals surface area contributed by atoms with Crippen molar-refractivity contribution in [3.05, 3.63) is 114 Å². The van der Waals surface area contributed by atoms with Gasteiger partial charge in [-0.05, 0) is 48.9 Å². The topological polar surface area (TPSA) is 73.0 Å².